The molecule has 0 saturated heterocycles. The van der Waals surface area contributed by atoms with Gasteiger partial charge in [-0.1, -0.05) is 16.8 Å². The number of sulfonamides is 1. The van der Waals surface area contributed by atoms with Gasteiger partial charge in [0.1, 0.15) is 15.6 Å². The zero-order valence-corrected chi connectivity index (χ0v) is 19.0. The van der Waals surface area contributed by atoms with Gasteiger partial charge in [0.05, 0.1) is 23.6 Å². The number of aromatic nitrogens is 1. The molecule has 0 radical (unpaired) electrons. The van der Waals surface area contributed by atoms with Crippen LogP contribution in [-0.2, 0) is 16.4 Å². The molecular weight excluding hydrogens is 482 g/mol. The molecule has 2 aromatic heterocycles. The van der Waals surface area contributed by atoms with Crippen LogP contribution in [0.2, 0.25) is 5.02 Å². The Kier molecular flexibility index (Phi) is 5.72. The molecule has 3 aromatic rings. The number of hydrogen-bond donors (Lipinski definition) is 1. The number of rotatable bonds is 7. The topological polar surface area (TPSA) is 141 Å². The SMILES string of the molecule is COc1c(CC(=O)c2sccc2S(=O)(=O)Nc2onc(C)c2Cl)c(C#N)cc2c1OCO2. The summed E-state index contributed by atoms with van der Waals surface area (Å²) in [4.78, 5) is 12.8. The molecule has 32 heavy (non-hydrogen) atoms. The van der Waals surface area contributed by atoms with Crippen molar-refractivity contribution in [1.82, 2.24) is 5.16 Å². The van der Waals surface area contributed by atoms with Gasteiger partial charge in [-0.05, 0) is 18.4 Å². The van der Waals surface area contributed by atoms with E-state index >= 15 is 0 Å². The maximum Gasteiger partial charge on any atom is 0.265 e. The van der Waals surface area contributed by atoms with E-state index in [4.69, 9.17) is 30.3 Å². The number of nitrogens with zero attached hydrogens (tertiary/aromatic N) is 2. The Labute approximate surface area is 191 Å². The minimum atomic E-state index is -4.21. The van der Waals surface area contributed by atoms with E-state index in [1.54, 1.807) is 6.92 Å². The molecule has 1 aromatic carbocycles. The molecule has 4 rings (SSSR count). The third-order valence-corrected chi connectivity index (χ3v) is 7.48. The number of hydrogen-bond acceptors (Lipinski definition) is 10. The molecule has 0 spiro atoms. The molecule has 0 saturated carbocycles. The number of anilines is 1. The molecular formula is C19H14ClN3O7S2. The fourth-order valence-electron chi connectivity index (χ4n) is 3.09. The monoisotopic (exact) mass is 495 g/mol. The van der Waals surface area contributed by atoms with E-state index in [2.05, 4.69) is 9.88 Å². The summed E-state index contributed by atoms with van der Waals surface area (Å²) in [6, 6.07) is 4.75. The summed E-state index contributed by atoms with van der Waals surface area (Å²) in [6.45, 7) is 1.51. The van der Waals surface area contributed by atoms with E-state index in [-0.39, 0.29) is 56.5 Å². The van der Waals surface area contributed by atoms with Gasteiger partial charge in [-0.2, -0.15) is 5.26 Å². The number of Topliss-reactive ketones (excluding diaryl/α,β-unsaturated/α-hetero) is 1. The number of carbonyl (C=O) groups excluding carboxylic acids is 1. The lowest BCUT2D eigenvalue weighted by atomic mass is 10.00. The third-order valence-electron chi connectivity index (χ3n) is 4.57. The van der Waals surface area contributed by atoms with E-state index in [0.717, 1.165) is 11.3 Å². The lowest BCUT2D eigenvalue weighted by Crippen LogP contribution is -2.16. The third kappa shape index (κ3) is 3.75. The minimum absolute atomic E-state index is 0.0143. The van der Waals surface area contributed by atoms with Crippen LogP contribution in [0.15, 0.2) is 26.9 Å². The van der Waals surface area contributed by atoms with E-state index in [1.165, 1.54) is 24.6 Å². The van der Waals surface area contributed by atoms with Crippen molar-refractivity contribution in [2.24, 2.45) is 0 Å². The second-order valence-electron chi connectivity index (χ2n) is 6.51. The summed E-state index contributed by atoms with van der Waals surface area (Å²) in [6.07, 6.45) is -0.298. The van der Waals surface area contributed by atoms with Crippen LogP contribution in [0.5, 0.6) is 17.2 Å². The van der Waals surface area contributed by atoms with Crippen LogP contribution < -0.4 is 18.9 Å². The first kappa shape index (κ1) is 21.9. The number of halogens is 1. The molecule has 0 fully saturated rings. The Bertz CT molecular complexity index is 1370. The highest BCUT2D eigenvalue weighted by molar-refractivity contribution is 7.93. The molecule has 3 heterocycles. The summed E-state index contributed by atoms with van der Waals surface area (Å²) in [5.74, 6) is 0.0162. The van der Waals surface area contributed by atoms with Gasteiger partial charge < -0.3 is 18.7 Å². The highest BCUT2D eigenvalue weighted by Crippen LogP contribution is 2.45. The predicted octanol–water partition coefficient (Wildman–Crippen LogP) is 3.53. The van der Waals surface area contributed by atoms with Gasteiger partial charge in [-0.3, -0.25) is 4.79 Å². The zero-order valence-electron chi connectivity index (χ0n) is 16.6. The lowest BCUT2D eigenvalue weighted by molar-refractivity contribution is 0.0993. The molecule has 0 unspecified atom stereocenters. The summed E-state index contributed by atoms with van der Waals surface area (Å²) in [5, 5.41) is 14.6. The smallest absolute Gasteiger partial charge is 0.265 e. The number of methoxy groups -OCH3 is 1. The minimum Gasteiger partial charge on any atom is -0.492 e. The average molecular weight is 496 g/mol. The first-order chi connectivity index (χ1) is 15.3. The number of carbonyl (C=O) groups is 1. The number of nitriles is 1. The summed E-state index contributed by atoms with van der Waals surface area (Å²) in [5.41, 5.74) is 0.732. The molecule has 0 atom stereocenters. The molecule has 10 nitrogen and oxygen atoms in total. The lowest BCUT2D eigenvalue weighted by Gasteiger charge is -2.13. The van der Waals surface area contributed by atoms with Crippen LogP contribution in [0.4, 0.5) is 5.88 Å². The number of fused-ring (bicyclic) bond motifs is 1. The highest BCUT2D eigenvalue weighted by atomic mass is 35.5. The van der Waals surface area contributed by atoms with Gasteiger partial charge in [0.25, 0.3) is 15.9 Å². The number of aryl methyl sites for hydroxylation is 1. The van der Waals surface area contributed by atoms with Crippen molar-refractivity contribution < 1.29 is 31.9 Å². The van der Waals surface area contributed by atoms with Crippen molar-refractivity contribution in [3.63, 3.8) is 0 Å². The largest absolute Gasteiger partial charge is 0.492 e. The summed E-state index contributed by atoms with van der Waals surface area (Å²) >= 11 is 6.93. The van der Waals surface area contributed by atoms with Gasteiger partial charge >= 0.3 is 0 Å². The number of nitrogens with one attached hydrogen (secondary N) is 1. The Morgan fingerprint density at radius 1 is 1.44 bits per heavy atom. The molecule has 0 amide bonds. The second-order valence-corrected chi connectivity index (χ2v) is 9.46. The maximum atomic E-state index is 13.1. The first-order valence-corrected chi connectivity index (χ1v) is 11.7. The number of ketones is 1. The fourth-order valence-corrected chi connectivity index (χ4v) is 5.65. The zero-order chi connectivity index (χ0) is 23.0. The number of thiophene rings is 1. The fraction of sp³-hybridized carbons (Fsp3) is 0.211. The average Bonchev–Trinajstić information content (AvgIpc) is 3.50. The molecule has 1 aliphatic heterocycles. The van der Waals surface area contributed by atoms with E-state index < -0.39 is 15.8 Å². The molecule has 0 bridgehead atoms. The Morgan fingerprint density at radius 2 is 2.22 bits per heavy atom. The Balaban J connectivity index is 1.68. The van der Waals surface area contributed by atoms with Crippen LogP contribution in [0.1, 0.15) is 26.5 Å². The second kappa shape index (κ2) is 8.34. The summed E-state index contributed by atoms with van der Waals surface area (Å²) in [7, 11) is -2.83. The number of benzene rings is 1. The van der Waals surface area contributed by atoms with Crippen molar-refractivity contribution in [1.29, 1.82) is 5.26 Å². The molecule has 1 N–H and O–H groups in total. The Morgan fingerprint density at radius 3 is 2.88 bits per heavy atom. The van der Waals surface area contributed by atoms with Crippen molar-refractivity contribution in [2.75, 3.05) is 18.6 Å². The molecule has 1 aliphatic rings. The van der Waals surface area contributed by atoms with Gasteiger partial charge in [0, 0.05) is 18.1 Å². The number of ether oxygens (including phenoxy) is 3. The molecule has 13 heteroatoms. The van der Waals surface area contributed by atoms with Crippen LogP contribution >= 0.6 is 22.9 Å². The van der Waals surface area contributed by atoms with Crippen LogP contribution in [0.3, 0.4) is 0 Å². The van der Waals surface area contributed by atoms with Crippen molar-refractivity contribution in [3.8, 4) is 23.3 Å². The normalized spacial score (nSPS) is 12.4. The maximum absolute atomic E-state index is 13.1. The van der Waals surface area contributed by atoms with Gasteiger partial charge in [-0.25, -0.2) is 13.1 Å². The quantitative estimate of drug-likeness (QED) is 0.487. The van der Waals surface area contributed by atoms with Crippen LogP contribution in [-0.4, -0.2) is 33.3 Å². The molecule has 0 aliphatic carbocycles. The van der Waals surface area contributed by atoms with E-state index in [0.29, 0.717) is 11.4 Å². The van der Waals surface area contributed by atoms with Gasteiger partial charge in [0.15, 0.2) is 17.3 Å². The van der Waals surface area contributed by atoms with Crippen LogP contribution in [0.25, 0.3) is 0 Å². The van der Waals surface area contributed by atoms with Gasteiger partial charge in [-0.15, -0.1) is 11.3 Å². The van der Waals surface area contributed by atoms with E-state index in [9.17, 15) is 18.5 Å². The first-order valence-electron chi connectivity index (χ1n) is 8.91. The molecule has 166 valence electrons. The standard InChI is InChI=1S/C19H14ClN3O7S2/c1-9-15(20)19(30-22-9)23-32(25,26)14-3-4-31-18(14)12(24)6-11-10(7-21)5-13-17(16(11)27-2)29-8-28-13/h3-5,23H,6,8H2,1-2H3. The predicted molar refractivity (Wildman–Crippen MR) is 113 cm³/mol. The van der Waals surface area contributed by atoms with Crippen molar-refractivity contribution in [2.45, 2.75) is 18.2 Å². The Hall–Kier alpha value is -3.27. The summed E-state index contributed by atoms with van der Waals surface area (Å²) < 4.78 is 48.9. The van der Waals surface area contributed by atoms with Gasteiger partial charge in [0.2, 0.25) is 12.5 Å². The van der Waals surface area contributed by atoms with Crippen molar-refractivity contribution in [3.05, 3.63) is 44.2 Å². The highest BCUT2D eigenvalue weighted by Gasteiger charge is 2.30. The van der Waals surface area contributed by atoms with E-state index in [1.807, 2.05) is 6.07 Å². The van der Waals surface area contributed by atoms with Crippen molar-refractivity contribution >= 4 is 44.6 Å². The van der Waals surface area contributed by atoms with Crippen LogP contribution in [0, 0.1) is 18.3 Å².